The molecule has 0 saturated heterocycles. The summed E-state index contributed by atoms with van der Waals surface area (Å²) in [6.45, 7) is 4.33. The van der Waals surface area contributed by atoms with Crippen LogP contribution in [0.2, 0.25) is 0 Å². The summed E-state index contributed by atoms with van der Waals surface area (Å²) in [5.74, 6) is 1.42. The maximum absolute atomic E-state index is 12.1. The number of ketones is 2. The average Bonchev–Trinajstić information content (AvgIpc) is 2.47. The highest BCUT2D eigenvalue weighted by molar-refractivity contribution is 5.83. The quantitative estimate of drug-likeness (QED) is 0.522. The number of carbonyl (C=O) groups excluding carboxylic acids is 2. The lowest BCUT2D eigenvalue weighted by atomic mass is 9.77. The largest absolute Gasteiger partial charge is 0.299 e. The third-order valence-corrected chi connectivity index (χ3v) is 4.69. The number of hydrogen-bond acceptors (Lipinski definition) is 2. The molecular weight excluding hydrogens is 248 g/mol. The van der Waals surface area contributed by atoms with Crippen molar-refractivity contribution in [2.45, 2.75) is 90.9 Å². The molecule has 0 aromatic carbocycles. The predicted octanol–water partition coefficient (Wildman–Crippen LogP) is 5.09. The normalized spacial score (nSPS) is 22.7. The Bertz CT molecular complexity index is 258. The molecule has 0 unspecified atom stereocenters. The zero-order chi connectivity index (χ0) is 14.8. The first-order valence-corrected chi connectivity index (χ1v) is 8.74. The molecule has 2 nitrogen and oxygen atoms in total. The Morgan fingerprint density at radius 1 is 0.700 bits per heavy atom. The fraction of sp³-hybridized carbons (Fsp3) is 0.889. The molecule has 20 heavy (non-hydrogen) atoms. The van der Waals surface area contributed by atoms with Gasteiger partial charge in [-0.3, -0.25) is 9.59 Å². The van der Waals surface area contributed by atoms with Gasteiger partial charge in [-0.15, -0.1) is 0 Å². The second-order valence-electron chi connectivity index (χ2n) is 6.40. The summed E-state index contributed by atoms with van der Waals surface area (Å²) in [6.07, 6.45) is 12.1. The topological polar surface area (TPSA) is 34.1 Å². The van der Waals surface area contributed by atoms with Gasteiger partial charge in [0.25, 0.3) is 0 Å². The maximum atomic E-state index is 12.1. The van der Waals surface area contributed by atoms with Crippen molar-refractivity contribution in [2.75, 3.05) is 0 Å². The van der Waals surface area contributed by atoms with Gasteiger partial charge in [-0.2, -0.15) is 0 Å². The summed E-state index contributed by atoms with van der Waals surface area (Å²) in [6, 6.07) is 0. The van der Waals surface area contributed by atoms with Gasteiger partial charge < -0.3 is 0 Å². The molecule has 0 heterocycles. The van der Waals surface area contributed by atoms with Crippen LogP contribution in [-0.2, 0) is 9.59 Å². The Balaban J connectivity index is 2.21. The van der Waals surface area contributed by atoms with E-state index in [2.05, 4.69) is 13.8 Å². The first-order valence-electron chi connectivity index (χ1n) is 8.74. The second-order valence-corrected chi connectivity index (χ2v) is 6.40. The molecule has 0 spiro atoms. The Morgan fingerprint density at radius 2 is 1.05 bits per heavy atom. The average molecular weight is 280 g/mol. The molecule has 1 rings (SSSR count). The molecule has 2 heteroatoms. The van der Waals surface area contributed by atoms with Crippen LogP contribution in [-0.4, -0.2) is 11.6 Å². The number of unbranched alkanes of at least 4 members (excludes halogenated alkanes) is 4. The predicted molar refractivity (Wildman–Crippen MR) is 83.7 cm³/mol. The van der Waals surface area contributed by atoms with E-state index >= 15 is 0 Å². The highest BCUT2D eigenvalue weighted by atomic mass is 16.1. The van der Waals surface area contributed by atoms with E-state index in [0.717, 1.165) is 64.2 Å². The Morgan fingerprint density at radius 3 is 1.35 bits per heavy atom. The molecule has 1 fully saturated rings. The van der Waals surface area contributed by atoms with E-state index in [0.29, 0.717) is 11.6 Å². The highest BCUT2D eigenvalue weighted by Gasteiger charge is 2.28. The number of rotatable bonds is 10. The smallest absolute Gasteiger partial charge is 0.135 e. The zero-order valence-corrected chi connectivity index (χ0v) is 13.5. The molecule has 0 amide bonds. The minimum Gasteiger partial charge on any atom is -0.299 e. The fourth-order valence-corrected chi connectivity index (χ4v) is 3.24. The lowest BCUT2D eigenvalue weighted by Gasteiger charge is -2.26. The van der Waals surface area contributed by atoms with Crippen molar-refractivity contribution in [3.8, 4) is 0 Å². The van der Waals surface area contributed by atoms with E-state index in [1.54, 1.807) is 0 Å². The van der Waals surface area contributed by atoms with Crippen molar-refractivity contribution in [2.24, 2.45) is 11.8 Å². The van der Waals surface area contributed by atoms with E-state index in [-0.39, 0.29) is 11.8 Å². The van der Waals surface area contributed by atoms with Gasteiger partial charge in [-0.05, 0) is 38.5 Å². The third-order valence-electron chi connectivity index (χ3n) is 4.69. The van der Waals surface area contributed by atoms with Gasteiger partial charge in [0.1, 0.15) is 11.6 Å². The van der Waals surface area contributed by atoms with Crippen LogP contribution in [0.3, 0.4) is 0 Å². The molecule has 0 bridgehead atoms. The van der Waals surface area contributed by atoms with Gasteiger partial charge in [0.2, 0.25) is 0 Å². The molecule has 0 aromatic heterocycles. The summed E-state index contributed by atoms with van der Waals surface area (Å²) >= 11 is 0. The van der Waals surface area contributed by atoms with Crippen molar-refractivity contribution in [1.29, 1.82) is 0 Å². The summed E-state index contributed by atoms with van der Waals surface area (Å²) in [7, 11) is 0. The number of hydrogen-bond donors (Lipinski definition) is 0. The Hall–Kier alpha value is -0.660. The molecule has 1 aliphatic carbocycles. The van der Waals surface area contributed by atoms with Crippen molar-refractivity contribution in [3.05, 3.63) is 0 Å². The van der Waals surface area contributed by atoms with E-state index in [4.69, 9.17) is 0 Å². The van der Waals surface area contributed by atoms with Gasteiger partial charge in [0.15, 0.2) is 0 Å². The molecule has 1 saturated carbocycles. The Kier molecular flexibility index (Phi) is 8.80. The molecule has 0 atom stereocenters. The van der Waals surface area contributed by atoms with E-state index in [9.17, 15) is 9.59 Å². The molecule has 116 valence electrons. The minimum atomic E-state index is 0.256. The van der Waals surface area contributed by atoms with Gasteiger partial charge in [0.05, 0.1) is 0 Å². The van der Waals surface area contributed by atoms with Crippen LogP contribution in [0.15, 0.2) is 0 Å². The van der Waals surface area contributed by atoms with Crippen LogP contribution in [0, 0.1) is 11.8 Å². The van der Waals surface area contributed by atoms with Crippen LogP contribution in [0.5, 0.6) is 0 Å². The highest BCUT2D eigenvalue weighted by Crippen LogP contribution is 2.31. The van der Waals surface area contributed by atoms with Crippen LogP contribution in [0.25, 0.3) is 0 Å². The SMILES string of the molecule is CCCCCC(=O)C1CCC(C(=O)CCCCC)CC1. The molecule has 0 aromatic rings. The summed E-state index contributed by atoms with van der Waals surface area (Å²) in [5, 5.41) is 0. The molecule has 1 aliphatic rings. The molecule has 0 radical (unpaired) electrons. The maximum Gasteiger partial charge on any atom is 0.135 e. The number of Topliss-reactive ketones (excluding diaryl/α,β-unsaturated/α-hetero) is 2. The first-order chi connectivity index (χ1) is 9.69. The van der Waals surface area contributed by atoms with E-state index < -0.39 is 0 Å². The minimum absolute atomic E-state index is 0.256. The van der Waals surface area contributed by atoms with Crippen LogP contribution in [0.1, 0.15) is 90.9 Å². The van der Waals surface area contributed by atoms with Crippen molar-refractivity contribution in [1.82, 2.24) is 0 Å². The summed E-state index contributed by atoms with van der Waals surface area (Å²) < 4.78 is 0. The summed E-state index contributed by atoms with van der Waals surface area (Å²) in [5.41, 5.74) is 0. The monoisotopic (exact) mass is 280 g/mol. The first kappa shape index (κ1) is 17.4. The number of carbonyl (C=O) groups is 2. The summed E-state index contributed by atoms with van der Waals surface area (Å²) in [4.78, 5) is 24.2. The van der Waals surface area contributed by atoms with Crippen LogP contribution in [0.4, 0.5) is 0 Å². The zero-order valence-electron chi connectivity index (χ0n) is 13.5. The van der Waals surface area contributed by atoms with Gasteiger partial charge in [-0.1, -0.05) is 39.5 Å². The van der Waals surface area contributed by atoms with Gasteiger partial charge in [0, 0.05) is 24.7 Å². The van der Waals surface area contributed by atoms with Gasteiger partial charge in [-0.25, -0.2) is 0 Å². The fourth-order valence-electron chi connectivity index (χ4n) is 3.24. The van der Waals surface area contributed by atoms with E-state index in [1.807, 2.05) is 0 Å². The lowest BCUT2D eigenvalue weighted by molar-refractivity contribution is -0.128. The lowest BCUT2D eigenvalue weighted by Crippen LogP contribution is -2.26. The van der Waals surface area contributed by atoms with Gasteiger partial charge >= 0.3 is 0 Å². The van der Waals surface area contributed by atoms with Crippen LogP contribution >= 0.6 is 0 Å². The van der Waals surface area contributed by atoms with Crippen LogP contribution < -0.4 is 0 Å². The standard InChI is InChI=1S/C18H32O2/c1-3-5-7-9-17(19)15-11-13-16(14-12-15)18(20)10-8-6-4-2/h15-16H,3-14H2,1-2H3. The second kappa shape index (κ2) is 10.1. The Labute approximate surface area is 124 Å². The van der Waals surface area contributed by atoms with Crippen molar-refractivity contribution in [3.63, 3.8) is 0 Å². The molecule has 0 N–H and O–H groups in total. The van der Waals surface area contributed by atoms with Crippen molar-refractivity contribution < 1.29 is 9.59 Å². The van der Waals surface area contributed by atoms with E-state index in [1.165, 1.54) is 12.8 Å². The molecular formula is C18H32O2. The third kappa shape index (κ3) is 6.19. The molecule has 0 aliphatic heterocycles. The van der Waals surface area contributed by atoms with Crippen molar-refractivity contribution >= 4 is 11.6 Å².